The molecule has 1 amide bonds. The Morgan fingerprint density at radius 3 is 2.32 bits per heavy atom. The first-order valence-corrected chi connectivity index (χ1v) is 24.9. The van der Waals surface area contributed by atoms with Gasteiger partial charge in [-0.05, 0) is 120 Å². The fourth-order valence-corrected chi connectivity index (χ4v) is 11.2. The zero-order valence-corrected chi connectivity index (χ0v) is 41.8. The first-order chi connectivity index (χ1) is 32.5. The van der Waals surface area contributed by atoms with Crippen LogP contribution in [0.2, 0.25) is 0 Å². The van der Waals surface area contributed by atoms with Crippen molar-refractivity contribution in [1.29, 1.82) is 0 Å². The number of nitrogens with zero attached hydrogens (tertiary/aromatic N) is 2. The Morgan fingerprint density at radius 2 is 1.63 bits per heavy atom. The molecule has 15 heteroatoms. The Balaban J connectivity index is 1.29. The lowest BCUT2D eigenvalue weighted by Crippen LogP contribution is -2.64. The number of rotatable bonds is 10. The van der Waals surface area contributed by atoms with Gasteiger partial charge in [0.15, 0.2) is 0 Å². The summed E-state index contributed by atoms with van der Waals surface area (Å²) in [5, 5.41) is 34.5. The van der Waals surface area contributed by atoms with E-state index < -0.39 is 77.8 Å². The summed E-state index contributed by atoms with van der Waals surface area (Å²) in [5.41, 5.74) is 2.68. The number of fused-ring (bicyclic) bond motifs is 4. The van der Waals surface area contributed by atoms with Crippen LogP contribution in [0, 0.1) is 29.6 Å². The highest BCUT2D eigenvalue weighted by Gasteiger charge is 2.56. The lowest BCUT2D eigenvalue weighted by atomic mass is 9.81. The number of ether oxygens (including phenoxy) is 6. The number of cyclic esters (lactones) is 1. The molecule has 378 valence electrons. The maximum atomic E-state index is 14.6. The van der Waals surface area contributed by atoms with Crippen molar-refractivity contribution in [2.24, 2.45) is 29.6 Å². The molecule has 2 bridgehead atoms. The molecule has 2 aromatic rings. The minimum absolute atomic E-state index is 0.00701. The largest absolute Gasteiger partial charge is 0.488 e. The van der Waals surface area contributed by atoms with Crippen molar-refractivity contribution >= 4 is 34.3 Å². The first-order valence-electron chi connectivity index (χ1n) is 24.9. The van der Waals surface area contributed by atoms with Crippen molar-refractivity contribution in [2.75, 3.05) is 34.5 Å². The third-order valence-corrected chi connectivity index (χ3v) is 15.2. The highest BCUT2D eigenvalue weighted by atomic mass is 16.7. The molecule has 3 fully saturated rings. The van der Waals surface area contributed by atoms with E-state index in [0.29, 0.717) is 57.1 Å². The molecule has 6 rings (SSSR count). The van der Waals surface area contributed by atoms with E-state index in [2.05, 4.69) is 13.0 Å². The summed E-state index contributed by atoms with van der Waals surface area (Å²) in [6, 6.07) is 6.77. The quantitative estimate of drug-likeness (QED) is 0.133. The second kappa shape index (κ2) is 23.8. The second-order valence-corrected chi connectivity index (χ2v) is 20.2. The van der Waals surface area contributed by atoms with E-state index in [4.69, 9.17) is 28.4 Å². The minimum atomic E-state index is -2.52. The van der Waals surface area contributed by atoms with Gasteiger partial charge in [0.2, 0.25) is 5.79 Å². The van der Waals surface area contributed by atoms with Gasteiger partial charge in [0.25, 0.3) is 11.7 Å². The van der Waals surface area contributed by atoms with Crippen molar-refractivity contribution in [3.05, 3.63) is 53.8 Å². The standard InChI is InChI=1S/C53H78N2O13/c1-10-37-24-31(2)23-32(3)25-46(64-8)49-47(65-9)27-34(5)53(62,68-49)50(59)51(60)55-19-12-11-13-41(55)52(61)67-48(35(6)42(57)30-43(37)58)33(4)26-36-14-17-44(45(28-36)63-7)66-39-15-16-40-38(29-39)18-20-54(40)21-22-56/h15-16,18,20,24,26,29,32,34-37,41-42,44-49,56-57,62H,10-14,17,19,21-23,25,27-28,30H2,1-9H3/b31-24+,33-26+/t32-,34+,35+,36-,37+,41-,42-,44+,45+,46-,47-,48+,49?,53+/m0/s1. The third-order valence-electron chi connectivity index (χ3n) is 15.2. The number of aliphatic hydroxyl groups is 3. The number of Topliss-reactive ketones (excluding diaryl/α,β-unsaturated/α-hetero) is 2. The molecule has 3 N–H and O–H groups in total. The van der Waals surface area contributed by atoms with Gasteiger partial charge < -0.3 is 53.2 Å². The zero-order valence-electron chi connectivity index (χ0n) is 41.8. The van der Waals surface area contributed by atoms with Crippen LogP contribution >= 0.6 is 0 Å². The van der Waals surface area contributed by atoms with Crippen LogP contribution in [0.4, 0.5) is 0 Å². The number of carbonyl (C=O) groups is 4. The predicted molar refractivity (Wildman–Crippen MR) is 256 cm³/mol. The molecule has 14 atom stereocenters. The number of hydrogen-bond acceptors (Lipinski definition) is 13. The summed E-state index contributed by atoms with van der Waals surface area (Å²) in [5.74, 6) is -6.86. The fraction of sp³-hybridized carbons (Fsp3) is 0.698. The highest BCUT2D eigenvalue weighted by Crippen LogP contribution is 2.40. The van der Waals surface area contributed by atoms with Crippen molar-refractivity contribution in [1.82, 2.24) is 9.47 Å². The van der Waals surface area contributed by atoms with Crippen molar-refractivity contribution < 1.29 is 62.9 Å². The van der Waals surface area contributed by atoms with E-state index in [1.165, 1.54) is 19.1 Å². The van der Waals surface area contributed by atoms with Crippen molar-refractivity contribution in [2.45, 2.75) is 173 Å². The number of amides is 1. The Hall–Kier alpha value is -3.96. The van der Waals surface area contributed by atoms with Crippen LogP contribution < -0.4 is 4.74 Å². The number of allylic oxidation sites excluding steroid dienone is 3. The third kappa shape index (κ3) is 12.1. The highest BCUT2D eigenvalue weighted by molar-refractivity contribution is 6.39. The van der Waals surface area contributed by atoms with Crippen LogP contribution in [-0.2, 0) is 49.4 Å². The Bertz CT molecular complexity index is 2120. The van der Waals surface area contributed by atoms with E-state index in [1.54, 1.807) is 21.0 Å². The van der Waals surface area contributed by atoms with Gasteiger partial charge in [-0.3, -0.25) is 14.4 Å². The molecule has 3 aliphatic heterocycles. The smallest absolute Gasteiger partial charge is 0.329 e. The summed E-state index contributed by atoms with van der Waals surface area (Å²) in [4.78, 5) is 58.6. The van der Waals surface area contributed by atoms with Gasteiger partial charge in [-0.2, -0.15) is 0 Å². The molecule has 1 saturated carbocycles. The van der Waals surface area contributed by atoms with Crippen molar-refractivity contribution in [3.63, 3.8) is 0 Å². The summed E-state index contributed by atoms with van der Waals surface area (Å²) >= 11 is 0. The normalized spacial score (nSPS) is 36.4. The Labute approximate surface area is 402 Å². The molecule has 2 saturated heterocycles. The lowest BCUT2D eigenvalue weighted by molar-refractivity contribution is -0.302. The van der Waals surface area contributed by atoms with Crippen LogP contribution in [0.5, 0.6) is 5.75 Å². The summed E-state index contributed by atoms with van der Waals surface area (Å²) in [6.07, 6.45) is 6.31. The first kappa shape index (κ1) is 53.4. The minimum Gasteiger partial charge on any atom is -0.488 e. The average Bonchev–Trinajstić information content (AvgIpc) is 3.73. The number of benzene rings is 1. The van der Waals surface area contributed by atoms with Gasteiger partial charge in [0, 0.05) is 75.7 Å². The van der Waals surface area contributed by atoms with Gasteiger partial charge in [-0.15, -0.1) is 0 Å². The van der Waals surface area contributed by atoms with Crippen LogP contribution in [0.15, 0.2) is 53.8 Å². The number of aliphatic hydroxyl groups excluding tert-OH is 2. The molecular weight excluding hydrogens is 873 g/mol. The molecule has 0 spiro atoms. The van der Waals surface area contributed by atoms with Crippen LogP contribution in [0.25, 0.3) is 10.9 Å². The van der Waals surface area contributed by atoms with Gasteiger partial charge >= 0.3 is 5.97 Å². The molecule has 15 nitrogen and oxygen atoms in total. The molecule has 1 unspecified atom stereocenters. The molecule has 1 aromatic carbocycles. The molecule has 1 aliphatic carbocycles. The summed E-state index contributed by atoms with van der Waals surface area (Å²) < 4.78 is 39.0. The molecule has 0 radical (unpaired) electrons. The molecule has 4 heterocycles. The number of methoxy groups -OCH3 is 3. The van der Waals surface area contributed by atoms with E-state index in [0.717, 1.165) is 28.6 Å². The Morgan fingerprint density at radius 1 is 0.912 bits per heavy atom. The van der Waals surface area contributed by atoms with Gasteiger partial charge in [-0.1, -0.05) is 45.4 Å². The van der Waals surface area contributed by atoms with E-state index in [-0.39, 0.29) is 62.2 Å². The SMILES string of the molecule is CC[C@@H]1/C=C(\C)C[C@H](C)C[C@H](OC)C2O[C@@](O)(C(=O)C(=O)N3CCCC[C@H]3C(=O)O[C@H](/C(C)=C/[C@@H]3CC[C@@H](Oc4ccc5c(ccn5CCO)c4)[C@H](OC)C3)[C@H](C)[C@@H](O)CC1=O)[C@H](C)C[C@@H]2OC. The number of hydrogen-bond donors (Lipinski definition) is 3. The monoisotopic (exact) mass is 951 g/mol. The van der Waals surface area contributed by atoms with Crippen LogP contribution in [-0.4, -0.2) is 137 Å². The number of carbonyl (C=O) groups excluding carboxylic acids is 4. The molecule has 68 heavy (non-hydrogen) atoms. The van der Waals surface area contributed by atoms with E-state index in [9.17, 15) is 34.5 Å². The summed E-state index contributed by atoms with van der Waals surface area (Å²) in [6.45, 7) is 11.9. The van der Waals surface area contributed by atoms with Gasteiger partial charge in [0.1, 0.15) is 35.9 Å². The van der Waals surface area contributed by atoms with Crippen LogP contribution in [0.3, 0.4) is 0 Å². The average molecular weight is 951 g/mol. The molecule has 1 aromatic heterocycles. The number of esters is 1. The molecule has 4 aliphatic rings. The number of ketones is 2. The van der Waals surface area contributed by atoms with E-state index in [1.807, 2.05) is 61.9 Å². The van der Waals surface area contributed by atoms with Gasteiger partial charge in [-0.25, -0.2) is 4.79 Å². The van der Waals surface area contributed by atoms with E-state index >= 15 is 0 Å². The topological polar surface area (TPSA) is 193 Å². The summed E-state index contributed by atoms with van der Waals surface area (Å²) in [7, 11) is 4.74. The fourth-order valence-electron chi connectivity index (χ4n) is 11.2. The number of aromatic nitrogens is 1. The van der Waals surface area contributed by atoms with Crippen molar-refractivity contribution in [3.8, 4) is 5.75 Å². The number of piperidine rings is 1. The predicted octanol–water partition coefficient (Wildman–Crippen LogP) is 6.51. The van der Waals surface area contributed by atoms with Crippen LogP contribution in [0.1, 0.15) is 112 Å². The lowest BCUT2D eigenvalue weighted by Gasteiger charge is -2.47. The zero-order chi connectivity index (χ0) is 49.4. The maximum Gasteiger partial charge on any atom is 0.329 e. The molecular formula is C53H78N2O13. The van der Waals surface area contributed by atoms with Gasteiger partial charge in [0.05, 0.1) is 31.0 Å². The Kier molecular flexibility index (Phi) is 18.7. The second-order valence-electron chi connectivity index (χ2n) is 20.2. The maximum absolute atomic E-state index is 14.6.